The molecule has 1 saturated carbocycles. The monoisotopic (exact) mass is 225 g/mol. The Bertz CT molecular complexity index is 223. The molecule has 2 atom stereocenters. The Morgan fingerprint density at radius 1 is 1.19 bits per heavy atom. The van der Waals surface area contributed by atoms with Crippen LogP contribution < -0.4 is 0 Å². The van der Waals surface area contributed by atoms with E-state index in [1.807, 2.05) is 7.11 Å². The molecule has 1 aliphatic carbocycles. The molecule has 0 N–H and O–H groups in total. The van der Waals surface area contributed by atoms with Crippen molar-refractivity contribution in [2.45, 2.75) is 64.6 Å². The lowest BCUT2D eigenvalue weighted by molar-refractivity contribution is -0.0548. The van der Waals surface area contributed by atoms with E-state index >= 15 is 0 Å². The number of rotatable bonds is 3. The molecule has 0 aromatic carbocycles. The van der Waals surface area contributed by atoms with Gasteiger partial charge in [0.05, 0.1) is 6.10 Å². The second-order valence-electron chi connectivity index (χ2n) is 6.10. The van der Waals surface area contributed by atoms with Gasteiger partial charge in [0.2, 0.25) is 0 Å². The van der Waals surface area contributed by atoms with Crippen LogP contribution in [0.1, 0.15) is 46.5 Å². The minimum Gasteiger partial charge on any atom is -0.381 e. The van der Waals surface area contributed by atoms with Gasteiger partial charge in [0, 0.05) is 19.2 Å². The van der Waals surface area contributed by atoms with E-state index in [2.05, 4.69) is 25.7 Å². The van der Waals surface area contributed by atoms with Crippen molar-refractivity contribution in [3.63, 3.8) is 0 Å². The molecule has 2 heteroatoms. The molecule has 16 heavy (non-hydrogen) atoms. The lowest BCUT2D eigenvalue weighted by Crippen LogP contribution is -2.54. The van der Waals surface area contributed by atoms with Crippen LogP contribution in [0.5, 0.6) is 0 Å². The third-order valence-electron chi connectivity index (χ3n) is 4.78. The van der Waals surface area contributed by atoms with Gasteiger partial charge >= 0.3 is 0 Å². The van der Waals surface area contributed by atoms with Gasteiger partial charge in [0.1, 0.15) is 0 Å². The maximum absolute atomic E-state index is 5.38. The quantitative estimate of drug-likeness (QED) is 0.732. The summed E-state index contributed by atoms with van der Waals surface area (Å²) < 4.78 is 5.38. The van der Waals surface area contributed by atoms with E-state index in [0.29, 0.717) is 6.10 Å². The van der Waals surface area contributed by atoms with Crippen LogP contribution in [0.2, 0.25) is 0 Å². The van der Waals surface area contributed by atoms with Crippen molar-refractivity contribution in [2.24, 2.45) is 11.8 Å². The maximum atomic E-state index is 5.38. The number of hydrogen-bond acceptors (Lipinski definition) is 2. The van der Waals surface area contributed by atoms with Crippen LogP contribution in [0, 0.1) is 11.8 Å². The van der Waals surface area contributed by atoms with Gasteiger partial charge < -0.3 is 4.74 Å². The summed E-state index contributed by atoms with van der Waals surface area (Å²) in [5.41, 5.74) is 0. The van der Waals surface area contributed by atoms with Crippen LogP contribution >= 0.6 is 0 Å². The van der Waals surface area contributed by atoms with Gasteiger partial charge in [-0.25, -0.2) is 0 Å². The highest BCUT2D eigenvalue weighted by molar-refractivity contribution is 4.93. The van der Waals surface area contributed by atoms with Gasteiger partial charge in [0.15, 0.2) is 0 Å². The van der Waals surface area contributed by atoms with E-state index in [0.717, 1.165) is 23.9 Å². The van der Waals surface area contributed by atoms with Crippen molar-refractivity contribution in [2.75, 3.05) is 13.7 Å². The second kappa shape index (κ2) is 5.05. The molecule has 94 valence electrons. The molecule has 2 nitrogen and oxygen atoms in total. The zero-order valence-corrected chi connectivity index (χ0v) is 11.3. The fourth-order valence-electron chi connectivity index (χ4n) is 3.38. The van der Waals surface area contributed by atoms with E-state index in [1.165, 1.54) is 32.2 Å². The van der Waals surface area contributed by atoms with E-state index in [9.17, 15) is 0 Å². The molecule has 2 rings (SSSR count). The molecule has 1 aliphatic heterocycles. The third-order valence-corrected chi connectivity index (χ3v) is 4.78. The number of nitrogens with zero attached hydrogens (tertiary/aromatic N) is 1. The second-order valence-corrected chi connectivity index (χ2v) is 6.10. The summed E-state index contributed by atoms with van der Waals surface area (Å²) >= 11 is 0. The fourth-order valence-corrected chi connectivity index (χ4v) is 3.38. The molecular formula is C14H27NO. The zero-order chi connectivity index (χ0) is 11.7. The normalized spacial score (nSPS) is 41.1. The minimum atomic E-state index is 0.542. The Balaban J connectivity index is 1.81. The highest BCUT2D eigenvalue weighted by Crippen LogP contribution is 2.35. The highest BCUT2D eigenvalue weighted by atomic mass is 16.5. The topological polar surface area (TPSA) is 12.5 Å². The summed E-state index contributed by atoms with van der Waals surface area (Å²) in [5.74, 6) is 1.81. The Morgan fingerprint density at radius 2 is 1.88 bits per heavy atom. The van der Waals surface area contributed by atoms with Gasteiger partial charge in [-0.05, 0) is 51.0 Å². The van der Waals surface area contributed by atoms with Gasteiger partial charge in [-0.3, -0.25) is 4.90 Å². The van der Waals surface area contributed by atoms with Crippen LogP contribution in [0.25, 0.3) is 0 Å². The summed E-state index contributed by atoms with van der Waals surface area (Å²) in [4.78, 5) is 2.73. The van der Waals surface area contributed by atoms with Gasteiger partial charge in [-0.2, -0.15) is 0 Å². The summed E-state index contributed by atoms with van der Waals surface area (Å²) in [6, 6.07) is 1.59. The number of hydrogen-bond donors (Lipinski definition) is 0. The predicted molar refractivity (Wildman–Crippen MR) is 67.5 cm³/mol. The number of methoxy groups -OCH3 is 1. The van der Waals surface area contributed by atoms with Gasteiger partial charge in [-0.1, -0.05) is 13.8 Å². The highest BCUT2D eigenvalue weighted by Gasteiger charge is 2.38. The number of ether oxygens (including phenoxy) is 1. The Morgan fingerprint density at radius 3 is 2.38 bits per heavy atom. The first-order chi connectivity index (χ1) is 7.61. The molecule has 0 aromatic rings. The first kappa shape index (κ1) is 12.4. The molecule has 1 heterocycles. The van der Waals surface area contributed by atoms with E-state index in [4.69, 9.17) is 4.74 Å². The molecule has 0 spiro atoms. The van der Waals surface area contributed by atoms with Crippen LogP contribution in [-0.4, -0.2) is 36.7 Å². The molecule has 0 amide bonds. The maximum Gasteiger partial charge on any atom is 0.0601 e. The van der Waals surface area contributed by atoms with Crippen molar-refractivity contribution in [3.05, 3.63) is 0 Å². The molecule has 2 fully saturated rings. The summed E-state index contributed by atoms with van der Waals surface area (Å²) in [5, 5.41) is 0. The molecule has 0 radical (unpaired) electrons. The molecule has 1 saturated heterocycles. The van der Waals surface area contributed by atoms with Crippen molar-refractivity contribution in [1.29, 1.82) is 0 Å². The zero-order valence-electron chi connectivity index (χ0n) is 11.3. The van der Waals surface area contributed by atoms with E-state index in [1.54, 1.807) is 0 Å². The molecule has 0 aromatic heterocycles. The summed E-state index contributed by atoms with van der Waals surface area (Å²) in [6.45, 7) is 8.47. The van der Waals surface area contributed by atoms with Crippen molar-refractivity contribution in [3.8, 4) is 0 Å². The van der Waals surface area contributed by atoms with Gasteiger partial charge in [0.25, 0.3) is 0 Å². The van der Waals surface area contributed by atoms with Crippen molar-refractivity contribution >= 4 is 0 Å². The van der Waals surface area contributed by atoms with E-state index in [-0.39, 0.29) is 0 Å². The lowest BCUT2D eigenvalue weighted by atomic mass is 9.79. The first-order valence-corrected chi connectivity index (χ1v) is 6.90. The van der Waals surface area contributed by atoms with Crippen LogP contribution in [0.3, 0.4) is 0 Å². The smallest absolute Gasteiger partial charge is 0.0601 e. The van der Waals surface area contributed by atoms with Gasteiger partial charge in [-0.15, -0.1) is 0 Å². The predicted octanol–water partition coefficient (Wildman–Crippen LogP) is 2.92. The Kier molecular flexibility index (Phi) is 3.91. The fraction of sp³-hybridized carbons (Fsp3) is 1.00. The molecular weight excluding hydrogens is 198 g/mol. The van der Waals surface area contributed by atoms with Crippen LogP contribution in [0.15, 0.2) is 0 Å². The number of piperidine rings is 1. The minimum absolute atomic E-state index is 0.542. The standard InChI is InChI=1S/C14H27NO/c1-10(2)12-5-6-15(11(3)7-12)13-8-14(9-13)16-4/h10-14H,5-9H2,1-4H3/t11-,12-,13?,14?/m1/s1. The Hall–Kier alpha value is -0.0800. The average molecular weight is 225 g/mol. The SMILES string of the molecule is COC1CC(N2CC[C@@H](C(C)C)C[C@H]2C)C1. The molecule has 0 unspecified atom stereocenters. The Labute approximate surface area is 100 Å². The van der Waals surface area contributed by atoms with Crippen molar-refractivity contribution in [1.82, 2.24) is 4.90 Å². The summed E-state index contributed by atoms with van der Waals surface area (Å²) in [7, 11) is 1.84. The van der Waals surface area contributed by atoms with Crippen molar-refractivity contribution < 1.29 is 4.74 Å². The third kappa shape index (κ3) is 2.43. The largest absolute Gasteiger partial charge is 0.381 e. The van der Waals surface area contributed by atoms with Crippen LogP contribution in [0.4, 0.5) is 0 Å². The van der Waals surface area contributed by atoms with Crippen LogP contribution in [-0.2, 0) is 4.74 Å². The lowest BCUT2D eigenvalue weighted by Gasteiger charge is -2.49. The molecule has 0 bridgehead atoms. The first-order valence-electron chi connectivity index (χ1n) is 6.90. The molecule has 2 aliphatic rings. The average Bonchev–Trinajstić information content (AvgIpc) is 2.18. The summed E-state index contributed by atoms with van der Waals surface area (Å²) in [6.07, 6.45) is 5.85. The number of likely N-dealkylation sites (tertiary alicyclic amines) is 1. The van der Waals surface area contributed by atoms with E-state index < -0.39 is 0 Å².